The number of rotatable bonds is 3. The quantitative estimate of drug-likeness (QED) is 0.520. The second kappa shape index (κ2) is 5.73. The molecule has 1 aliphatic carbocycles. The first-order valence-corrected chi connectivity index (χ1v) is 8.98. The van der Waals surface area contributed by atoms with E-state index in [1.807, 2.05) is 0 Å². The number of thioether (sulfide) groups is 1. The zero-order chi connectivity index (χ0) is 14.1. The predicted molar refractivity (Wildman–Crippen MR) is 95.0 cm³/mol. The van der Waals surface area contributed by atoms with Gasteiger partial charge in [0.2, 0.25) is 0 Å². The highest BCUT2D eigenvalue weighted by Crippen LogP contribution is 2.36. The predicted octanol–water partition coefficient (Wildman–Crippen LogP) is 6.17. The molecule has 0 amide bonds. The maximum absolute atomic E-state index is 2.33. The standard InChI is InChI=1S/C20H20S/c1-5-11-18-15(7-1)13-16-8-2-6-12-19(16)20(18)14-21-17-9-3-4-10-17/h1-2,5-8,11-13,17H,3-4,9-10,14H2. The lowest BCUT2D eigenvalue weighted by Gasteiger charge is -2.14. The van der Waals surface area contributed by atoms with Gasteiger partial charge in [0.05, 0.1) is 0 Å². The lowest BCUT2D eigenvalue weighted by Crippen LogP contribution is -1.96. The third-order valence-electron chi connectivity index (χ3n) is 4.65. The van der Waals surface area contributed by atoms with Crippen molar-refractivity contribution >= 4 is 33.3 Å². The van der Waals surface area contributed by atoms with E-state index in [-0.39, 0.29) is 0 Å². The Bertz CT molecular complexity index is 715. The molecule has 1 aliphatic rings. The molecule has 0 aromatic heterocycles. The lowest BCUT2D eigenvalue weighted by atomic mass is 9.98. The van der Waals surface area contributed by atoms with E-state index in [4.69, 9.17) is 0 Å². The minimum atomic E-state index is 0.878. The molecule has 4 rings (SSSR count). The summed E-state index contributed by atoms with van der Waals surface area (Å²) in [6, 6.07) is 20.0. The summed E-state index contributed by atoms with van der Waals surface area (Å²) in [5.74, 6) is 1.15. The molecule has 0 saturated heterocycles. The van der Waals surface area contributed by atoms with Crippen LogP contribution >= 0.6 is 11.8 Å². The summed E-state index contributed by atoms with van der Waals surface area (Å²) in [6.45, 7) is 0. The van der Waals surface area contributed by atoms with Crippen molar-refractivity contribution in [2.24, 2.45) is 0 Å². The van der Waals surface area contributed by atoms with Gasteiger partial charge in [0, 0.05) is 11.0 Å². The Hall–Kier alpha value is -1.47. The van der Waals surface area contributed by atoms with Gasteiger partial charge in [-0.2, -0.15) is 11.8 Å². The van der Waals surface area contributed by atoms with Crippen molar-refractivity contribution in [3.05, 3.63) is 60.2 Å². The van der Waals surface area contributed by atoms with Crippen LogP contribution in [0.15, 0.2) is 54.6 Å². The Morgan fingerprint density at radius 2 is 1.38 bits per heavy atom. The van der Waals surface area contributed by atoms with Crippen LogP contribution in [-0.2, 0) is 5.75 Å². The molecule has 0 N–H and O–H groups in total. The maximum Gasteiger partial charge on any atom is 0.0199 e. The molecule has 0 atom stereocenters. The number of hydrogen-bond donors (Lipinski definition) is 0. The van der Waals surface area contributed by atoms with Crippen LogP contribution in [0.1, 0.15) is 31.2 Å². The van der Waals surface area contributed by atoms with Gasteiger partial charge in [0.1, 0.15) is 0 Å². The summed E-state index contributed by atoms with van der Waals surface area (Å²) in [5, 5.41) is 6.49. The van der Waals surface area contributed by atoms with Gasteiger partial charge >= 0.3 is 0 Å². The summed E-state index contributed by atoms with van der Waals surface area (Å²) in [7, 11) is 0. The summed E-state index contributed by atoms with van der Waals surface area (Å²) in [5.41, 5.74) is 1.53. The second-order valence-electron chi connectivity index (χ2n) is 6.01. The molecule has 0 unspecified atom stereocenters. The van der Waals surface area contributed by atoms with Crippen molar-refractivity contribution in [2.45, 2.75) is 36.7 Å². The van der Waals surface area contributed by atoms with Crippen molar-refractivity contribution in [2.75, 3.05) is 0 Å². The van der Waals surface area contributed by atoms with Gasteiger partial charge in [-0.05, 0) is 46.0 Å². The third-order valence-corrected chi connectivity index (χ3v) is 6.05. The van der Waals surface area contributed by atoms with Gasteiger partial charge in [-0.3, -0.25) is 0 Å². The molecule has 3 aromatic carbocycles. The molecule has 1 saturated carbocycles. The Kier molecular flexibility index (Phi) is 3.60. The molecule has 0 heterocycles. The smallest absolute Gasteiger partial charge is 0.0199 e. The molecule has 1 fully saturated rings. The van der Waals surface area contributed by atoms with Gasteiger partial charge < -0.3 is 0 Å². The minimum Gasteiger partial charge on any atom is -0.154 e. The first kappa shape index (κ1) is 13.2. The molecular weight excluding hydrogens is 272 g/mol. The van der Waals surface area contributed by atoms with Crippen molar-refractivity contribution in [3.8, 4) is 0 Å². The van der Waals surface area contributed by atoms with Gasteiger partial charge in [-0.25, -0.2) is 0 Å². The first-order chi connectivity index (χ1) is 10.4. The van der Waals surface area contributed by atoms with Crippen LogP contribution in [0.2, 0.25) is 0 Å². The van der Waals surface area contributed by atoms with Crippen LogP contribution in [0.4, 0.5) is 0 Å². The highest BCUT2D eigenvalue weighted by molar-refractivity contribution is 7.99. The van der Waals surface area contributed by atoms with E-state index in [0.29, 0.717) is 0 Å². The second-order valence-corrected chi connectivity index (χ2v) is 7.30. The Morgan fingerprint density at radius 3 is 2.00 bits per heavy atom. The average molecular weight is 292 g/mol. The summed E-state index contributed by atoms with van der Waals surface area (Å²) < 4.78 is 0. The van der Waals surface area contributed by atoms with Crippen LogP contribution in [0, 0.1) is 0 Å². The maximum atomic E-state index is 2.33. The topological polar surface area (TPSA) is 0 Å². The van der Waals surface area contributed by atoms with E-state index in [2.05, 4.69) is 66.4 Å². The zero-order valence-corrected chi connectivity index (χ0v) is 13.0. The van der Waals surface area contributed by atoms with Gasteiger partial charge in [0.25, 0.3) is 0 Å². The van der Waals surface area contributed by atoms with Crippen molar-refractivity contribution < 1.29 is 0 Å². The van der Waals surface area contributed by atoms with E-state index in [1.54, 1.807) is 0 Å². The summed E-state index contributed by atoms with van der Waals surface area (Å²) >= 11 is 2.17. The molecule has 0 bridgehead atoms. The van der Waals surface area contributed by atoms with Crippen molar-refractivity contribution in [1.82, 2.24) is 0 Å². The molecule has 3 aromatic rings. The van der Waals surface area contributed by atoms with Crippen LogP contribution in [0.25, 0.3) is 21.5 Å². The van der Waals surface area contributed by atoms with Crippen LogP contribution in [0.3, 0.4) is 0 Å². The van der Waals surface area contributed by atoms with Crippen molar-refractivity contribution in [1.29, 1.82) is 0 Å². The number of hydrogen-bond acceptors (Lipinski definition) is 1. The molecule has 0 spiro atoms. The van der Waals surface area contributed by atoms with Gasteiger partial charge in [-0.1, -0.05) is 61.4 Å². The molecule has 21 heavy (non-hydrogen) atoms. The fourth-order valence-corrected chi connectivity index (χ4v) is 4.90. The molecule has 0 radical (unpaired) electrons. The van der Waals surface area contributed by atoms with Crippen molar-refractivity contribution in [3.63, 3.8) is 0 Å². The van der Waals surface area contributed by atoms with Crippen LogP contribution in [0.5, 0.6) is 0 Å². The van der Waals surface area contributed by atoms with E-state index in [9.17, 15) is 0 Å². The summed E-state index contributed by atoms with van der Waals surface area (Å²) in [4.78, 5) is 0. The fraction of sp³-hybridized carbons (Fsp3) is 0.300. The van der Waals surface area contributed by atoms with E-state index in [0.717, 1.165) is 11.0 Å². The van der Waals surface area contributed by atoms with E-state index < -0.39 is 0 Å². The number of fused-ring (bicyclic) bond motifs is 2. The molecule has 0 aliphatic heterocycles. The molecule has 0 nitrogen and oxygen atoms in total. The zero-order valence-electron chi connectivity index (χ0n) is 12.2. The SMILES string of the molecule is c1ccc2c(CSC3CCCC3)c3ccccc3cc2c1. The summed E-state index contributed by atoms with van der Waals surface area (Å²) in [6.07, 6.45) is 5.67. The Labute approximate surface area is 130 Å². The van der Waals surface area contributed by atoms with E-state index >= 15 is 0 Å². The normalized spacial score (nSPS) is 16.0. The largest absolute Gasteiger partial charge is 0.154 e. The fourth-order valence-electron chi connectivity index (χ4n) is 3.52. The highest BCUT2D eigenvalue weighted by Gasteiger charge is 2.16. The molecular formula is C20H20S. The molecule has 1 heteroatoms. The molecule has 106 valence electrons. The highest BCUT2D eigenvalue weighted by atomic mass is 32.2. The third kappa shape index (κ3) is 2.55. The monoisotopic (exact) mass is 292 g/mol. The van der Waals surface area contributed by atoms with E-state index in [1.165, 1.54) is 52.8 Å². The minimum absolute atomic E-state index is 0.878. The average Bonchev–Trinajstić information content (AvgIpc) is 3.05. The van der Waals surface area contributed by atoms with Gasteiger partial charge in [-0.15, -0.1) is 0 Å². The van der Waals surface area contributed by atoms with Crippen LogP contribution < -0.4 is 0 Å². The lowest BCUT2D eigenvalue weighted by molar-refractivity contribution is 0.886. The van der Waals surface area contributed by atoms with Gasteiger partial charge in [0.15, 0.2) is 0 Å². The first-order valence-electron chi connectivity index (χ1n) is 7.93. The Morgan fingerprint density at radius 1 is 0.810 bits per heavy atom. The number of benzene rings is 3. The van der Waals surface area contributed by atoms with Crippen LogP contribution in [-0.4, -0.2) is 5.25 Å². The Balaban J connectivity index is 1.81.